The predicted octanol–water partition coefficient (Wildman–Crippen LogP) is 2.99. The molecule has 2 aromatic carbocycles. The van der Waals surface area contributed by atoms with E-state index in [1.54, 1.807) is 30.9 Å². The molecule has 1 aliphatic rings. The van der Waals surface area contributed by atoms with Crippen LogP contribution in [-0.2, 0) is 30.8 Å². The average molecular weight is 446 g/mol. The molecule has 0 fully saturated rings. The average Bonchev–Trinajstić information content (AvgIpc) is 2.69. The van der Waals surface area contributed by atoms with Gasteiger partial charge in [-0.1, -0.05) is 6.07 Å². The Kier molecular flexibility index (Phi) is 6.66. The Morgan fingerprint density at radius 2 is 1.81 bits per heavy atom. The third kappa shape index (κ3) is 5.05. The number of fused-ring (bicyclic) bond motifs is 1. The molecule has 1 aliphatic heterocycles. The van der Waals surface area contributed by atoms with E-state index in [0.29, 0.717) is 34.7 Å². The van der Waals surface area contributed by atoms with Crippen molar-refractivity contribution in [1.29, 1.82) is 0 Å². The number of benzene rings is 2. The summed E-state index contributed by atoms with van der Waals surface area (Å²) in [6.45, 7) is 5.43. The summed E-state index contributed by atoms with van der Waals surface area (Å²) < 4.78 is 33.6. The molecule has 2 N–H and O–H groups in total. The normalized spacial score (nSPS) is 13.5. The third-order valence-electron chi connectivity index (χ3n) is 5.14. The van der Waals surface area contributed by atoms with Gasteiger partial charge in [0, 0.05) is 32.0 Å². The summed E-state index contributed by atoms with van der Waals surface area (Å²) in [5, 5.41) is 2.73. The summed E-state index contributed by atoms with van der Waals surface area (Å²) in [4.78, 5) is 25.5. The van der Waals surface area contributed by atoms with Crippen molar-refractivity contribution >= 4 is 38.9 Å². The number of hydrogen-bond donors (Lipinski definition) is 2. The van der Waals surface area contributed by atoms with Crippen LogP contribution in [0.1, 0.15) is 30.0 Å². The van der Waals surface area contributed by atoms with E-state index in [1.165, 1.54) is 26.2 Å². The second-order valence-electron chi connectivity index (χ2n) is 7.64. The van der Waals surface area contributed by atoms with Gasteiger partial charge in [0.05, 0.1) is 10.6 Å². The second-order valence-corrected chi connectivity index (χ2v) is 9.33. The van der Waals surface area contributed by atoms with Crippen LogP contribution < -0.4 is 14.9 Å². The van der Waals surface area contributed by atoms with Gasteiger partial charge in [-0.25, -0.2) is 8.42 Å². The Hall–Kier alpha value is -2.91. The van der Waals surface area contributed by atoms with E-state index in [2.05, 4.69) is 10.0 Å². The number of aryl methyl sites for hydroxylation is 3. The summed E-state index contributed by atoms with van der Waals surface area (Å²) >= 11 is 0. The molecule has 166 valence electrons. The molecule has 9 heteroatoms. The molecule has 0 unspecified atom stereocenters. The maximum Gasteiger partial charge on any atom is 0.261 e. The zero-order valence-corrected chi connectivity index (χ0v) is 18.9. The third-order valence-corrected chi connectivity index (χ3v) is 6.50. The van der Waals surface area contributed by atoms with Crippen LogP contribution >= 0.6 is 0 Å². The first-order valence-electron chi connectivity index (χ1n) is 9.96. The Labute approximate surface area is 182 Å². The van der Waals surface area contributed by atoms with E-state index in [0.717, 1.165) is 18.4 Å². The first-order chi connectivity index (χ1) is 14.6. The Bertz CT molecular complexity index is 1100. The molecule has 2 aromatic rings. The Morgan fingerprint density at radius 1 is 1.13 bits per heavy atom. The van der Waals surface area contributed by atoms with Crippen LogP contribution in [0.5, 0.6) is 0 Å². The van der Waals surface area contributed by atoms with E-state index in [1.807, 2.05) is 6.07 Å². The van der Waals surface area contributed by atoms with Crippen molar-refractivity contribution < 1.29 is 22.7 Å². The molecule has 31 heavy (non-hydrogen) atoms. The maximum atomic E-state index is 13.0. The van der Waals surface area contributed by atoms with Gasteiger partial charge in [0.1, 0.15) is 6.61 Å². The first kappa shape index (κ1) is 22.8. The smallest absolute Gasteiger partial charge is 0.261 e. The number of amides is 2. The van der Waals surface area contributed by atoms with E-state index in [-0.39, 0.29) is 23.3 Å². The number of rotatable bonds is 6. The number of sulfonamides is 1. The SMILES string of the molecule is COCC(=O)N1CCCc2ccc(NS(=O)(=O)c3cc(C)c(NC(C)=O)c(C)c3)cc21. The maximum absolute atomic E-state index is 13.0. The van der Waals surface area contributed by atoms with Crippen molar-refractivity contribution in [1.82, 2.24) is 0 Å². The zero-order chi connectivity index (χ0) is 22.8. The summed E-state index contributed by atoms with van der Waals surface area (Å²) in [5.41, 5.74) is 3.96. The summed E-state index contributed by atoms with van der Waals surface area (Å²) in [5.74, 6) is -0.384. The molecule has 0 saturated heterocycles. The summed E-state index contributed by atoms with van der Waals surface area (Å²) in [7, 11) is -2.40. The minimum Gasteiger partial charge on any atom is -0.375 e. The molecular formula is C22H27N3O5S. The molecule has 0 spiro atoms. The number of carbonyl (C=O) groups is 2. The molecule has 3 rings (SSSR count). The lowest BCUT2D eigenvalue weighted by atomic mass is 10.0. The monoisotopic (exact) mass is 445 g/mol. The molecule has 0 aromatic heterocycles. The van der Waals surface area contributed by atoms with Crippen molar-refractivity contribution in [3.63, 3.8) is 0 Å². The van der Waals surface area contributed by atoms with Crippen LogP contribution in [0, 0.1) is 13.8 Å². The number of anilines is 3. The van der Waals surface area contributed by atoms with Gasteiger partial charge in [-0.15, -0.1) is 0 Å². The highest BCUT2D eigenvalue weighted by Gasteiger charge is 2.24. The quantitative estimate of drug-likeness (QED) is 0.711. The number of methoxy groups -OCH3 is 1. The van der Waals surface area contributed by atoms with E-state index < -0.39 is 10.0 Å². The number of carbonyl (C=O) groups excluding carboxylic acids is 2. The van der Waals surface area contributed by atoms with Crippen molar-refractivity contribution in [2.45, 2.75) is 38.5 Å². The number of hydrogen-bond acceptors (Lipinski definition) is 5. The van der Waals surface area contributed by atoms with Crippen LogP contribution in [0.2, 0.25) is 0 Å². The van der Waals surface area contributed by atoms with Gasteiger partial charge in [-0.3, -0.25) is 14.3 Å². The van der Waals surface area contributed by atoms with Gasteiger partial charge >= 0.3 is 0 Å². The van der Waals surface area contributed by atoms with Gasteiger partial charge < -0.3 is 15.0 Å². The number of ether oxygens (including phenoxy) is 1. The lowest BCUT2D eigenvalue weighted by Crippen LogP contribution is -2.37. The van der Waals surface area contributed by atoms with Crippen molar-refractivity contribution in [3.05, 3.63) is 47.0 Å². The van der Waals surface area contributed by atoms with Crippen LogP contribution in [0.15, 0.2) is 35.2 Å². The first-order valence-corrected chi connectivity index (χ1v) is 11.4. The van der Waals surface area contributed by atoms with Crippen molar-refractivity contribution in [2.75, 3.05) is 35.2 Å². The van der Waals surface area contributed by atoms with Crippen LogP contribution in [0.4, 0.5) is 17.1 Å². The largest absolute Gasteiger partial charge is 0.375 e. The highest BCUT2D eigenvalue weighted by molar-refractivity contribution is 7.92. The minimum absolute atomic E-state index is 0.0331. The molecule has 2 amide bonds. The van der Waals surface area contributed by atoms with Gasteiger partial charge in [-0.2, -0.15) is 0 Å². The van der Waals surface area contributed by atoms with Gasteiger partial charge in [0.25, 0.3) is 15.9 Å². The lowest BCUT2D eigenvalue weighted by Gasteiger charge is -2.30. The van der Waals surface area contributed by atoms with Crippen molar-refractivity contribution in [2.24, 2.45) is 0 Å². The predicted molar refractivity (Wildman–Crippen MR) is 120 cm³/mol. The van der Waals surface area contributed by atoms with E-state index >= 15 is 0 Å². The molecule has 0 atom stereocenters. The fraction of sp³-hybridized carbons (Fsp3) is 0.364. The van der Waals surface area contributed by atoms with E-state index in [9.17, 15) is 18.0 Å². The van der Waals surface area contributed by atoms with Crippen LogP contribution in [0.25, 0.3) is 0 Å². The Balaban J connectivity index is 1.91. The second kappa shape index (κ2) is 9.07. The zero-order valence-electron chi connectivity index (χ0n) is 18.1. The minimum atomic E-state index is -3.87. The fourth-order valence-electron chi connectivity index (χ4n) is 3.76. The summed E-state index contributed by atoms with van der Waals surface area (Å²) in [6.07, 6.45) is 1.66. The lowest BCUT2D eigenvalue weighted by molar-refractivity contribution is -0.122. The van der Waals surface area contributed by atoms with Gasteiger partial charge in [0.15, 0.2) is 0 Å². The number of nitrogens with one attached hydrogen (secondary N) is 2. The van der Waals surface area contributed by atoms with Crippen molar-refractivity contribution in [3.8, 4) is 0 Å². The summed E-state index contributed by atoms with van der Waals surface area (Å²) in [6, 6.07) is 8.27. The highest BCUT2D eigenvalue weighted by atomic mass is 32.2. The molecule has 0 radical (unpaired) electrons. The molecule has 0 bridgehead atoms. The topological polar surface area (TPSA) is 105 Å². The highest BCUT2D eigenvalue weighted by Crippen LogP contribution is 2.32. The standard InChI is InChI=1S/C22H27N3O5S/c1-14-10-19(11-15(2)22(14)23-16(3)26)31(28,29)24-18-8-7-17-6-5-9-25(20(17)12-18)21(27)13-30-4/h7-8,10-12,24H,5-6,9,13H2,1-4H3,(H,23,26). The van der Waals surface area contributed by atoms with Crippen LogP contribution in [-0.4, -0.2) is 40.5 Å². The van der Waals surface area contributed by atoms with Gasteiger partial charge in [0.2, 0.25) is 5.91 Å². The molecule has 0 aliphatic carbocycles. The van der Waals surface area contributed by atoms with E-state index in [4.69, 9.17) is 4.74 Å². The molecule has 8 nitrogen and oxygen atoms in total. The Morgan fingerprint density at radius 3 is 2.42 bits per heavy atom. The van der Waals surface area contributed by atoms with Crippen LogP contribution in [0.3, 0.4) is 0 Å². The molecule has 0 saturated carbocycles. The fourth-order valence-corrected chi connectivity index (χ4v) is 4.98. The number of nitrogens with zero attached hydrogens (tertiary/aromatic N) is 1. The molecular weight excluding hydrogens is 418 g/mol. The van der Waals surface area contributed by atoms with Gasteiger partial charge in [-0.05, 0) is 67.6 Å². The molecule has 1 heterocycles.